The van der Waals surface area contributed by atoms with Gasteiger partial charge in [0.25, 0.3) is 0 Å². The molecule has 19 atom stereocenters. The van der Waals surface area contributed by atoms with Gasteiger partial charge in [0.05, 0.1) is 96.0 Å². The number of aliphatic carboxylic acids is 4. The lowest BCUT2D eigenvalue weighted by atomic mass is 9.79. The Hall–Kier alpha value is -5.30. The van der Waals surface area contributed by atoms with Gasteiger partial charge in [-0.05, 0) is 169 Å². The molecule has 0 aromatic carbocycles. The molecule has 13 heterocycles. The zero-order chi connectivity index (χ0) is 84.5. The van der Waals surface area contributed by atoms with E-state index < -0.39 is 72.0 Å². The maximum absolute atomic E-state index is 12.5. The van der Waals surface area contributed by atoms with E-state index in [0.29, 0.717) is 68.9 Å². The zero-order valence-corrected chi connectivity index (χ0v) is 73.4. The van der Waals surface area contributed by atoms with Crippen LogP contribution in [0.1, 0.15) is 193 Å². The normalized spacial score (nSPS) is 37.0. The van der Waals surface area contributed by atoms with Crippen LogP contribution in [0.15, 0.2) is 52.4 Å². The fraction of sp³-hybridized carbons (Fsp3) is 0.788. The standard InChI is InChI=1S/C22H35N3O4S.2C21H32N4O4S.C20H30N2O4S.CH4/c1-4-15-9-14(5-7-23-15)10-24-8-6-16(11-24)30-20-12(2)18-17(13(3)26)21(27)25(18)19(20)22(28)29;2*1-10-17-16(11(2)26)20(27)25(17)18(21(28)29)19(10)30-15-8-24(9-15)14-6-4-13(5-7-14)23-12(3)22;1-10-4-6-13(7-5-10)21-8-14(9-21)27-18-11(2)16-15(12(3)23)19(24)22(16)17(18)20(25)26;/h12-18,23,26H,4-11H2,1-3H3,(H,28,29);2*10-11,13-17,26H,4-9H2,1-3H3,(H2,22,23)(H,28,29);10-16,23H,4-9H2,1-3H3,(H,25,26);1H4/t12-,13-,14?,15?,16-,17-,18-;2*10-,11-,13?,14?,16-,17-;10?,11-,12-,13?,15-,16-;/m1111./s1. The van der Waals surface area contributed by atoms with E-state index in [2.05, 4.69) is 48.7 Å². The molecule has 33 heteroatoms. The third-order valence-corrected chi connectivity index (χ3v) is 34.4. The molecule has 12 fully saturated rings. The lowest BCUT2D eigenvalue weighted by molar-refractivity contribution is -0.163. The molecule has 0 spiro atoms. The second-order valence-electron chi connectivity index (χ2n) is 36.8. The van der Waals surface area contributed by atoms with Crippen molar-refractivity contribution in [1.82, 2.24) is 44.5 Å². The molecular formula is C85H133N13O16S4. The molecule has 0 bridgehead atoms. The molecule has 3 aliphatic carbocycles. The number of β-lactam (4-membered cyclic amide) rings is 4. The van der Waals surface area contributed by atoms with E-state index in [-0.39, 0.29) is 102 Å². The molecule has 2 unspecified atom stereocenters. The van der Waals surface area contributed by atoms with Crippen molar-refractivity contribution in [2.75, 3.05) is 65.4 Å². The molecule has 0 aromatic rings. The van der Waals surface area contributed by atoms with Gasteiger partial charge in [0, 0.05) is 141 Å². The van der Waals surface area contributed by atoms with Crippen LogP contribution in [0, 0.1) is 59.2 Å². The smallest absolute Gasteiger partial charge is 0.353 e. The number of amides is 4. The molecule has 0 radical (unpaired) electrons. The van der Waals surface area contributed by atoms with Crippen LogP contribution in [0.5, 0.6) is 0 Å². The van der Waals surface area contributed by atoms with Gasteiger partial charge >= 0.3 is 23.9 Å². The monoisotopic (exact) mass is 1720 g/mol. The van der Waals surface area contributed by atoms with Gasteiger partial charge in [-0.15, -0.1) is 47.0 Å². The summed E-state index contributed by atoms with van der Waals surface area (Å²) in [7, 11) is 0. The SMILES string of the molecule is C.CC(N)=NC1CCC(N2CC(SC3=C(C(=O)O)N4C(=O)[C@H]([C@@H](C)O)[C@H]4[C@H]3C)C2)CC1.CC(N)=NC1CCC(N2CC(SC3=C(C(=O)O)N4C(=O)[C@H]([C@@H](C)O)[C@H]4[C@H]3C)C2)CC1.CC1CCC(N2CC(SC3=C(C(=O)O)N4C(=O)[C@H]([C@@H](C)O)[C@H]4[C@H]3C)C2)CC1.CCC1CC(CN2CC[C@@H](SC3=C(C(=O)O)N4C(=O)[C@H]([C@@H](C)O)[C@H]4[C@H]3C)C2)CCN1. The zero-order valence-electron chi connectivity index (χ0n) is 70.2. The molecule has 16 rings (SSSR count). The number of likely N-dealkylation sites (tertiary alicyclic amines) is 4. The summed E-state index contributed by atoms with van der Waals surface area (Å²) in [6.07, 6.45) is 15.6. The van der Waals surface area contributed by atoms with E-state index in [9.17, 15) is 79.2 Å². The predicted octanol–water partition coefficient (Wildman–Crippen LogP) is 6.99. The molecule has 3 saturated carbocycles. The first-order chi connectivity index (χ1) is 55.5. The molecule has 658 valence electrons. The minimum atomic E-state index is -1.05. The Morgan fingerprint density at radius 3 is 1.00 bits per heavy atom. The second-order valence-corrected chi connectivity index (χ2v) is 42.2. The van der Waals surface area contributed by atoms with Gasteiger partial charge in [0.1, 0.15) is 22.8 Å². The minimum Gasteiger partial charge on any atom is -0.477 e. The van der Waals surface area contributed by atoms with E-state index in [4.69, 9.17) is 11.5 Å². The Morgan fingerprint density at radius 2 is 0.729 bits per heavy atom. The quantitative estimate of drug-likeness (QED) is 0.0263. The van der Waals surface area contributed by atoms with Gasteiger partial charge in [-0.25, -0.2) is 19.2 Å². The van der Waals surface area contributed by atoms with Crippen molar-refractivity contribution >= 4 is 106 Å². The van der Waals surface area contributed by atoms with Gasteiger partial charge in [-0.1, -0.05) is 49.0 Å². The number of thioether (sulfide) groups is 4. The van der Waals surface area contributed by atoms with Crippen LogP contribution >= 0.6 is 47.0 Å². The number of hydrogen-bond acceptors (Lipinski definition) is 23. The second kappa shape index (κ2) is 38.0. The lowest BCUT2D eigenvalue weighted by Crippen LogP contribution is -2.63. The summed E-state index contributed by atoms with van der Waals surface area (Å²) in [6, 6.07) is 2.28. The van der Waals surface area contributed by atoms with Crippen molar-refractivity contribution in [3.05, 3.63) is 42.4 Å². The highest BCUT2D eigenvalue weighted by molar-refractivity contribution is 8.04. The summed E-state index contributed by atoms with van der Waals surface area (Å²) in [6.45, 7) is 32.7. The number of amidine groups is 2. The van der Waals surface area contributed by atoms with Crippen molar-refractivity contribution in [3.63, 3.8) is 0 Å². The van der Waals surface area contributed by atoms with Gasteiger partial charge < -0.3 is 82.1 Å². The Morgan fingerprint density at radius 1 is 0.441 bits per heavy atom. The maximum atomic E-state index is 12.5. The maximum Gasteiger partial charge on any atom is 0.353 e. The molecule has 118 heavy (non-hydrogen) atoms. The van der Waals surface area contributed by atoms with Crippen LogP contribution < -0.4 is 16.8 Å². The third kappa shape index (κ3) is 18.3. The number of fused-ring (bicyclic) bond motifs is 4. The van der Waals surface area contributed by atoms with E-state index >= 15 is 0 Å². The Kier molecular flexibility index (Phi) is 29.6. The molecule has 16 aliphatic rings. The summed E-state index contributed by atoms with van der Waals surface area (Å²) < 4.78 is 0. The van der Waals surface area contributed by atoms with Gasteiger partial charge in [0.15, 0.2) is 0 Å². The number of carboxylic acid groups (broad SMARTS) is 4. The summed E-state index contributed by atoms with van der Waals surface area (Å²) in [4.78, 5) is 125. The molecule has 9 saturated heterocycles. The number of nitrogens with one attached hydrogen (secondary N) is 1. The number of aliphatic hydroxyl groups excluding tert-OH is 4. The first-order valence-electron chi connectivity index (χ1n) is 43.4. The minimum absolute atomic E-state index is 0. The van der Waals surface area contributed by atoms with Crippen LogP contribution in [-0.2, 0) is 38.4 Å². The van der Waals surface area contributed by atoms with Crippen molar-refractivity contribution in [1.29, 1.82) is 0 Å². The number of nitrogens with zero attached hydrogens (tertiary/aromatic N) is 10. The summed E-state index contributed by atoms with van der Waals surface area (Å²) >= 11 is 6.56. The highest BCUT2D eigenvalue weighted by Gasteiger charge is 2.65. The van der Waals surface area contributed by atoms with Crippen molar-refractivity contribution in [2.24, 2.45) is 80.6 Å². The van der Waals surface area contributed by atoms with Gasteiger partial charge in [0.2, 0.25) is 23.6 Å². The number of carboxylic acids is 4. The van der Waals surface area contributed by atoms with Gasteiger partial charge in [-0.3, -0.25) is 43.9 Å². The summed E-state index contributed by atoms with van der Waals surface area (Å²) in [5.41, 5.74) is 12.0. The number of carbonyl (C=O) groups is 8. The first-order valence-corrected chi connectivity index (χ1v) is 46.9. The van der Waals surface area contributed by atoms with Crippen molar-refractivity contribution in [2.45, 2.75) is 299 Å². The largest absolute Gasteiger partial charge is 0.477 e. The number of hydrogen-bond donors (Lipinski definition) is 11. The van der Waals surface area contributed by atoms with Crippen LogP contribution in [0.4, 0.5) is 0 Å². The highest BCUT2D eigenvalue weighted by atomic mass is 32.2. The summed E-state index contributed by atoms with van der Waals surface area (Å²) in [5.74, 6) is -4.41. The fourth-order valence-corrected chi connectivity index (χ4v) is 28.4. The predicted molar refractivity (Wildman–Crippen MR) is 459 cm³/mol. The Balaban J connectivity index is 0.000000144. The number of piperidine rings is 1. The fourth-order valence-electron chi connectivity index (χ4n) is 22.2. The number of nitrogens with two attached hydrogens (primary N) is 2. The Bertz CT molecular complexity index is 3810. The molecular weight excluding hydrogens is 1590 g/mol. The molecule has 13 aliphatic heterocycles. The first kappa shape index (κ1) is 91.9. The van der Waals surface area contributed by atoms with Crippen LogP contribution in [0.3, 0.4) is 0 Å². The highest BCUT2D eigenvalue weighted by Crippen LogP contribution is 2.57. The van der Waals surface area contributed by atoms with Gasteiger partial charge in [-0.2, -0.15) is 0 Å². The molecule has 13 N–H and O–H groups in total. The van der Waals surface area contributed by atoms with E-state index in [1.54, 1.807) is 74.7 Å². The van der Waals surface area contributed by atoms with Crippen LogP contribution in [0.25, 0.3) is 0 Å². The van der Waals surface area contributed by atoms with E-state index in [1.807, 2.05) is 41.5 Å². The topological polar surface area (TPSA) is 413 Å². The summed E-state index contributed by atoms with van der Waals surface area (Å²) in [5, 5.41) is 83.9. The van der Waals surface area contributed by atoms with E-state index in [1.165, 1.54) is 64.5 Å². The van der Waals surface area contributed by atoms with Crippen LogP contribution in [-0.4, -0.2) is 311 Å². The van der Waals surface area contributed by atoms with E-state index in [0.717, 1.165) is 155 Å². The molecule has 4 amide bonds. The van der Waals surface area contributed by atoms with Crippen LogP contribution in [0.2, 0.25) is 0 Å². The molecule has 0 aromatic heterocycles. The average molecular weight is 1720 g/mol. The average Bonchev–Trinajstić information content (AvgIpc) is 1.57. The Labute approximate surface area is 713 Å². The number of aliphatic hydroxyl groups is 4. The van der Waals surface area contributed by atoms with Crippen molar-refractivity contribution < 1.29 is 79.2 Å². The lowest BCUT2D eigenvalue weighted by Gasteiger charge is -2.47. The van der Waals surface area contributed by atoms with Crippen molar-refractivity contribution in [3.8, 4) is 0 Å². The number of aliphatic imine (C=N–C) groups is 2. The number of rotatable bonds is 24. The third-order valence-electron chi connectivity index (χ3n) is 28.5. The number of carbonyl (C=O) groups excluding carboxylic acids is 4. The molecule has 29 nitrogen and oxygen atoms in total.